The zero-order chi connectivity index (χ0) is 13.9. The van der Waals surface area contributed by atoms with Crippen LogP contribution >= 0.6 is 0 Å². The number of aryl methyl sites for hydroxylation is 1. The minimum atomic E-state index is 0.934. The molecule has 0 aromatic heterocycles. The van der Waals surface area contributed by atoms with Crippen LogP contribution in [-0.2, 0) is 19.5 Å². The molecule has 0 amide bonds. The Morgan fingerprint density at radius 3 is 2.80 bits per heavy atom. The molecule has 1 heterocycles. The topological polar surface area (TPSA) is 15.3 Å². The van der Waals surface area contributed by atoms with E-state index in [0.717, 1.165) is 19.6 Å². The van der Waals surface area contributed by atoms with Crippen LogP contribution in [0.15, 0.2) is 42.5 Å². The Bertz CT molecular complexity index is 604. The van der Waals surface area contributed by atoms with E-state index in [1.54, 1.807) is 0 Å². The number of rotatable bonds is 4. The molecule has 2 aromatic rings. The van der Waals surface area contributed by atoms with Crippen LogP contribution in [0, 0.1) is 6.92 Å². The number of hydrogen-bond donors (Lipinski definition) is 1. The van der Waals surface area contributed by atoms with E-state index in [9.17, 15) is 0 Å². The molecular weight excluding hydrogens is 244 g/mol. The molecule has 0 saturated heterocycles. The van der Waals surface area contributed by atoms with Gasteiger partial charge in [-0.3, -0.25) is 0 Å². The number of benzene rings is 2. The fraction of sp³-hybridized carbons (Fsp3) is 0.333. The van der Waals surface area contributed by atoms with Gasteiger partial charge >= 0.3 is 0 Å². The van der Waals surface area contributed by atoms with Crippen molar-refractivity contribution in [3.63, 3.8) is 0 Å². The van der Waals surface area contributed by atoms with Crippen molar-refractivity contribution in [2.24, 2.45) is 0 Å². The molecule has 3 rings (SSSR count). The lowest BCUT2D eigenvalue weighted by Gasteiger charge is -2.12. The van der Waals surface area contributed by atoms with Crippen LogP contribution in [0.2, 0.25) is 0 Å². The molecule has 0 unspecified atom stereocenters. The van der Waals surface area contributed by atoms with Crippen LogP contribution in [0.5, 0.6) is 0 Å². The summed E-state index contributed by atoms with van der Waals surface area (Å²) in [6.45, 7) is 5.19. The monoisotopic (exact) mass is 266 g/mol. The summed E-state index contributed by atoms with van der Waals surface area (Å²) in [6, 6.07) is 15.4. The maximum absolute atomic E-state index is 3.55. The van der Waals surface area contributed by atoms with Gasteiger partial charge in [0.15, 0.2) is 0 Å². The van der Waals surface area contributed by atoms with Crippen LogP contribution in [0.4, 0.5) is 5.69 Å². The van der Waals surface area contributed by atoms with Gasteiger partial charge in [-0.25, -0.2) is 0 Å². The summed E-state index contributed by atoms with van der Waals surface area (Å²) in [5.74, 6) is 0. The third-order valence-electron chi connectivity index (χ3n) is 4.18. The van der Waals surface area contributed by atoms with Gasteiger partial charge in [-0.2, -0.15) is 0 Å². The number of hydrogen-bond acceptors (Lipinski definition) is 2. The smallest absolute Gasteiger partial charge is 0.0397 e. The second kappa shape index (κ2) is 5.68. The second-order valence-corrected chi connectivity index (χ2v) is 5.66. The number of anilines is 1. The van der Waals surface area contributed by atoms with Crippen LogP contribution in [-0.4, -0.2) is 13.6 Å². The lowest BCUT2D eigenvalue weighted by molar-refractivity contribution is 0.690. The summed E-state index contributed by atoms with van der Waals surface area (Å²) < 4.78 is 0. The van der Waals surface area contributed by atoms with E-state index in [0.29, 0.717) is 0 Å². The highest BCUT2D eigenvalue weighted by molar-refractivity contribution is 5.58. The highest BCUT2D eigenvalue weighted by Gasteiger charge is 2.15. The maximum atomic E-state index is 3.55. The second-order valence-electron chi connectivity index (χ2n) is 5.66. The van der Waals surface area contributed by atoms with Gasteiger partial charge in [0.1, 0.15) is 0 Å². The molecule has 2 nitrogen and oxygen atoms in total. The van der Waals surface area contributed by atoms with Gasteiger partial charge in [0.2, 0.25) is 0 Å². The highest BCUT2D eigenvalue weighted by atomic mass is 15.1. The first-order valence-corrected chi connectivity index (χ1v) is 7.32. The van der Waals surface area contributed by atoms with E-state index in [2.05, 4.69) is 66.7 Å². The molecule has 0 atom stereocenters. The summed E-state index contributed by atoms with van der Waals surface area (Å²) in [5, 5.41) is 3.55. The zero-order valence-corrected chi connectivity index (χ0v) is 12.3. The third-order valence-corrected chi connectivity index (χ3v) is 4.18. The van der Waals surface area contributed by atoms with Crippen molar-refractivity contribution in [3.05, 3.63) is 64.7 Å². The quantitative estimate of drug-likeness (QED) is 0.913. The Morgan fingerprint density at radius 1 is 1.10 bits per heavy atom. The normalized spacial score (nSPS) is 13.6. The fourth-order valence-electron chi connectivity index (χ4n) is 2.88. The van der Waals surface area contributed by atoms with Crippen molar-refractivity contribution in [2.75, 3.05) is 18.5 Å². The van der Waals surface area contributed by atoms with Crippen molar-refractivity contribution in [2.45, 2.75) is 26.4 Å². The molecule has 0 spiro atoms. The van der Waals surface area contributed by atoms with Crippen molar-refractivity contribution >= 4 is 5.69 Å². The zero-order valence-electron chi connectivity index (χ0n) is 12.3. The first-order valence-electron chi connectivity index (χ1n) is 7.32. The first-order chi connectivity index (χ1) is 9.74. The Hall–Kier alpha value is -1.80. The molecule has 1 aliphatic rings. The van der Waals surface area contributed by atoms with Gasteiger partial charge in [-0.05, 0) is 41.7 Å². The summed E-state index contributed by atoms with van der Waals surface area (Å²) in [7, 11) is 2.17. The number of nitrogens with zero attached hydrogens (tertiary/aromatic N) is 1. The SMILES string of the molecule is Cc1ccccc1CNCc1ccc2c(c1)CCN2C. The van der Waals surface area contributed by atoms with E-state index in [4.69, 9.17) is 0 Å². The summed E-state index contributed by atoms with van der Waals surface area (Å²) in [4.78, 5) is 2.33. The molecule has 104 valence electrons. The van der Waals surface area contributed by atoms with E-state index in [1.165, 1.54) is 34.4 Å². The average Bonchev–Trinajstić information content (AvgIpc) is 2.82. The van der Waals surface area contributed by atoms with Gasteiger partial charge in [0.25, 0.3) is 0 Å². The molecule has 1 N–H and O–H groups in total. The van der Waals surface area contributed by atoms with Gasteiger partial charge < -0.3 is 10.2 Å². The van der Waals surface area contributed by atoms with Crippen LogP contribution in [0.3, 0.4) is 0 Å². The van der Waals surface area contributed by atoms with Crippen LogP contribution < -0.4 is 10.2 Å². The molecule has 0 bridgehead atoms. The van der Waals surface area contributed by atoms with Crippen molar-refractivity contribution in [1.82, 2.24) is 5.32 Å². The Balaban J connectivity index is 1.61. The minimum absolute atomic E-state index is 0.934. The van der Waals surface area contributed by atoms with Crippen LogP contribution in [0.1, 0.15) is 22.3 Å². The van der Waals surface area contributed by atoms with Crippen molar-refractivity contribution in [1.29, 1.82) is 0 Å². The molecule has 20 heavy (non-hydrogen) atoms. The third kappa shape index (κ3) is 2.70. The summed E-state index contributed by atoms with van der Waals surface area (Å²) in [6.07, 6.45) is 1.18. The Labute approximate surface area is 121 Å². The molecule has 2 heteroatoms. The van der Waals surface area contributed by atoms with Crippen molar-refractivity contribution < 1.29 is 0 Å². The molecule has 2 aromatic carbocycles. The van der Waals surface area contributed by atoms with E-state index in [1.807, 2.05) is 0 Å². The summed E-state index contributed by atoms with van der Waals surface area (Å²) >= 11 is 0. The fourth-order valence-corrected chi connectivity index (χ4v) is 2.88. The minimum Gasteiger partial charge on any atom is -0.374 e. The lowest BCUT2D eigenvalue weighted by atomic mass is 10.1. The molecular formula is C18H22N2. The van der Waals surface area contributed by atoms with Gasteiger partial charge in [-0.15, -0.1) is 0 Å². The first kappa shape index (κ1) is 13.2. The predicted octanol–water partition coefficient (Wildman–Crippen LogP) is 3.28. The highest BCUT2D eigenvalue weighted by Crippen LogP contribution is 2.27. The standard InChI is InChI=1S/C18H22N2/c1-14-5-3-4-6-17(14)13-19-12-15-7-8-18-16(11-15)9-10-20(18)2/h3-8,11,19H,9-10,12-13H2,1-2H3. The average molecular weight is 266 g/mol. The van der Waals surface area contributed by atoms with Crippen molar-refractivity contribution in [3.8, 4) is 0 Å². The Morgan fingerprint density at radius 2 is 1.95 bits per heavy atom. The summed E-state index contributed by atoms with van der Waals surface area (Å²) in [5.41, 5.74) is 7.01. The molecule has 0 aliphatic carbocycles. The Kier molecular flexibility index (Phi) is 3.75. The molecule has 0 fully saturated rings. The van der Waals surface area contributed by atoms with Gasteiger partial charge in [0.05, 0.1) is 0 Å². The van der Waals surface area contributed by atoms with Crippen LogP contribution in [0.25, 0.3) is 0 Å². The number of fused-ring (bicyclic) bond motifs is 1. The van der Waals surface area contributed by atoms with E-state index < -0.39 is 0 Å². The number of likely N-dealkylation sites (N-methyl/N-ethyl adjacent to an activating group) is 1. The molecule has 0 radical (unpaired) electrons. The lowest BCUT2D eigenvalue weighted by Crippen LogP contribution is -2.14. The number of nitrogens with one attached hydrogen (secondary N) is 1. The largest absolute Gasteiger partial charge is 0.374 e. The van der Waals surface area contributed by atoms with Gasteiger partial charge in [-0.1, -0.05) is 36.4 Å². The predicted molar refractivity (Wildman–Crippen MR) is 85.1 cm³/mol. The van der Waals surface area contributed by atoms with E-state index in [-0.39, 0.29) is 0 Å². The molecule has 1 aliphatic heterocycles. The maximum Gasteiger partial charge on any atom is 0.0397 e. The molecule has 0 saturated carbocycles. The van der Waals surface area contributed by atoms with E-state index >= 15 is 0 Å². The van der Waals surface area contributed by atoms with Gasteiger partial charge in [0, 0.05) is 32.4 Å².